The maximum absolute atomic E-state index is 12.6. The number of benzene rings is 1. The second-order valence-corrected chi connectivity index (χ2v) is 9.55. The molecular weight excluding hydrogens is 362 g/mol. The molecule has 1 atom stereocenters. The third kappa shape index (κ3) is 5.41. The summed E-state index contributed by atoms with van der Waals surface area (Å²) in [6, 6.07) is 6.08. The monoisotopic (exact) mass is 389 g/mol. The molecule has 0 aromatic heterocycles. The molecule has 1 aliphatic heterocycles. The Balaban J connectivity index is 0.00000312. The van der Waals surface area contributed by atoms with Crippen LogP contribution in [0.25, 0.3) is 0 Å². The van der Waals surface area contributed by atoms with Gasteiger partial charge in [0, 0.05) is 24.2 Å². The highest BCUT2D eigenvalue weighted by Gasteiger charge is 2.35. The fraction of sp³-hybridized carbons (Fsp3) is 0.588. The number of halogens is 1. The zero-order chi connectivity index (χ0) is 18.2. The van der Waals surface area contributed by atoms with Gasteiger partial charge in [-0.25, -0.2) is 13.1 Å². The third-order valence-corrected chi connectivity index (χ3v) is 5.96. The number of nitrogens with one attached hydrogen (secondary N) is 1. The minimum absolute atomic E-state index is 0. The number of hydrogen-bond acceptors (Lipinski definition) is 4. The predicted octanol–water partition coefficient (Wildman–Crippen LogP) is 2.00. The highest BCUT2D eigenvalue weighted by atomic mass is 35.5. The maximum atomic E-state index is 12.6. The molecule has 1 amide bonds. The molecule has 0 aliphatic carbocycles. The summed E-state index contributed by atoms with van der Waals surface area (Å²) in [6.45, 7) is 9.28. The zero-order valence-corrected chi connectivity index (χ0v) is 16.8. The molecule has 0 radical (unpaired) electrons. The molecule has 3 N–H and O–H groups in total. The molecule has 1 unspecified atom stereocenters. The van der Waals surface area contributed by atoms with Crippen LogP contribution in [0.1, 0.15) is 44.5 Å². The Morgan fingerprint density at radius 1 is 1.28 bits per heavy atom. The van der Waals surface area contributed by atoms with Crippen molar-refractivity contribution in [1.82, 2.24) is 9.62 Å². The molecule has 8 heteroatoms. The Hall–Kier alpha value is -1.15. The molecule has 1 aromatic carbocycles. The lowest BCUT2D eigenvalue weighted by atomic mass is 9.90. The van der Waals surface area contributed by atoms with Gasteiger partial charge < -0.3 is 10.6 Å². The highest BCUT2D eigenvalue weighted by molar-refractivity contribution is 7.89. The molecule has 6 nitrogen and oxygen atoms in total. The molecule has 0 spiro atoms. The number of nitrogens with two attached hydrogens (primary N) is 1. The average molecular weight is 390 g/mol. The topological polar surface area (TPSA) is 92.5 Å². The summed E-state index contributed by atoms with van der Waals surface area (Å²) in [6.07, 6.45) is 0.886. The second kappa shape index (κ2) is 7.61. The van der Waals surface area contributed by atoms with Crippen LogP contribution in [0.15, 0.2) is 29.2 Å². The van der Waals surface area contributed by atoms with Crippen molar-refractivity contribution in [3.8, 4) is 0 Å². The fourth-order valence-electron chi connectivity index (χ4n) is 2.78. The van der Waals surface area contributed by atoms with E-state index in [1.54, 1.807) is 37.8 Å². The molecular formula is C17H28ClN3O3S. The van der Waals surface area contributed by atoms with Crippen LogP contribution in [0, 0.1) is 5.41 Å². The van der Waals surface area contributed by atoms with Crippen molar-refractivity contribution < 1.29 is 13.2 Å². The number of sulfonamides is 1. The van der Waals surface area contributed by atoms with E-state index >= 15 is 0 Å². The average Bonchev–Trinajstić information content (AvgIpc) is 2.87. The Bertz CT molecular complexity index is 714. The van der Waals surface area contributed by atoms with Gasteiger partial charge in [-0.05, 0) is 63.4 Å². The van der Waals surface area contributed by atoms with E-state index in [0.29, 0.717) is 25.2 Å². The van der Waals surface area contributed by atoms with Crippen molar-refractivity contribution >= 4 is 28.3 Å². The first-order valence-corrected chi connectivity index (χ1v) is 9.58. The van der Waals surface area contributed by atoms with Crippen LogP contribution >= 0.6 is 12.4 Å². The quantitative estimate of drug-likeness (QED) is 0.823. The first-order chi connectivity index (χ1) is 11.0. The molecule has 1 aliphatic rings. The van der Waals surface area contributed by atoms with Gasteiger partial charge in [0.15, 0.2) is 0 Å². The van der Waals surface area contributed by atoms with Gasteiger partial charge in [-0.1, -0.05) is 6.92 Å². The number of carbonyl (C=O) groups excluding carboxylic acids is 1. The van der Waals surface area contributed by atoms with Gasteiger partial charge in [0.1, 0.15) is 0 Å². The van der Waals surface area contributed by atoms with E-state index in [1.807, 2.05) is 0 Å². The van der Waals surface area contributed by atoms with Gasteiger partial charge in [0.2, 0.25) is 10.0 Å². The summed E-state index contributed by atoms with van der Waals surface area (Å²) in [4.78, 5) is 14.5. The minimum Gasteiger partial charge on any atom is -0.338 e. The van der Waals surface area contributed by atoms with Crippen molar-refractivity contribution in [1.29, 1.82) is 0 Å². The number of likely N-dealkylation sites (tertiary alicyclic amines) is 1. The summed E-state index contributed by atoms with van der Waals surface area (Å²) in [5.74, 6) is -0.0834. The normalized spacial score (nSPS) is 21.1. The van der Waals surface area contributed by atoms with Crippen LogP contribution in [0.4, 0.5) is 0 Å². The number of nitrogens with zero attached hydrogens (tertiary/aromatic N) is 1. The summed E-state index contributed by atoms with van der Waals surface area (Å²) in [5, 5.41) is 0. The maximum Gasteiger partial charge on any atom is 0.253 e. The molecule has 142 valence electrons. The highest BCUT2D eigenvalue weighted by Crippen LogP contribution is 2.29. The lowest BCUT2D eigenvalue weighted by Crippen LogP contribution is -2.40. The van der Waals surface area contributed by atoms with E-state index in [4.69, 9.17) is 5.73 Å². The standard InChI is InChI=1S/C17H27N3O3S.ClH/c1-16(2,3)19-24(22,23)14-7-5-13(6-8-14)15(21)20-10-9-17(4,11-18)12-20;/h5-8,19H,9-12,18H2,1-4H3;1H. The third-order valence-electron chi connectivity index (χ3n) is 4.19. The number of amides is 1. The molecule has 1 fully saturated rings. The summed E-state index contributed by atoms with van der Waals surface area (Å²) in [5.41, 5.74) is 5.68. The fourth-order valence-corrected chi connectivity index (χ4v) is 4.20. The molecule has 2 rings (SSSR count). The van der Waals surface area contributed by atoms with Gasteiger partial charge in [-0.15, -0.1) is 12.4 Å². The summed E-state index contributed by atoms with van der Waals surface area (Å²) in [7, 11) is -3.59. The zero-order valence-electron chi connectivity index (χ0n) is 15.2. The van der Waals surface area contributed by atoms with E-state index in [2.05, 4.69) is 11.6 Å². The Kier molecular flexibility index (Phi) is 6.67. The first-order valence-electron chi connectivity index (χ1n) is 8.09. The first kappa shape index (κ1) is 21.9. The predicted molar refractivity (Wildman–Crippen MR) is 101 cm³/mol. The molecule has 0 bridgehead atoms. The second-order valence-electron chi connectivity index (χ2n) is 7.87. The lowest BCUT2D eigenvalue weighted by molar-refractivity contribution is 0.0777. The molecule has 25 heavy (non-hydrogen) atoms. The van der Waals surface area contributed by atoms with Crippen LogP contribution in [0.5, 0.6) is 0 Å². The van der Waals surface area contributed by atoms with Crippen LogP contribution in [-0.4, -0.2) is 44.4 Å². The van der Waals surface area contributed by atoms with Crippen molar-refractivity contribution in [3.05, 3.63) is 29.8 Å². The van der Waals surface area contributed by atoms with E-state index < -0.39 is 15.6 Å². The van der Waals surface area contributed by atoms with Gasteiger partial charge in [-0.3, -0.25) is 4.79 Å². The van der Waals surface area contributed by atoms with E-state index in [9.17, 15) is 13.2 Å². The van der Waals surface area contributed by atoms with Crippen molar-refractivity contribution in [2.75, 3.05) is 19.6 Å². The van der Waals surface area contributed by atoms with Crippen LogP contribution in [-0.2, 0) is 10.0 Å². The van der Waals surface area contributed by atoms with E-state index in [1.165, 1.54) is 12.1 Å². The van der Waals surface area contributed by atoms with Gasteiger partial charge in [0.25, 0.3) is 5.91 Å². The van der Waals surface area contributed by atoms with Gasteiger partial charge >= 0.3 is 0 Å². The van der Waals surface area contributed by atoms with Crippen LogP contribution < -0.4 is 10.5 Å². The number of rotatable bonds is 4. The molecule has 0 saturated carbocycles. The Morgan fingerprint density at radius 2 is 1.84 bits per heavy atom. The minimum atomic E-state index is -3.59. The van der Waals surface area contributed by atoms with Crippen molar-refractivity contribution in [2.24, 2.45) is 11.1 Å². The molecule has 1 heterocycles. The Morgan fingerprint density at radius 3 is 2.28 bits per heavy atom. The van der Waals surface area contributed by atoms with Crippen molar-refractivity contribution in [2.45, 2.75) is 44.6 Å². The molecule has 1 saturated heterocycles. The lowest BCUT2D eigenvalue weighted by Gasteiger charge is -2.23. The largest absolute Gasteiger partial charge is 0.338 e. The van der Waals surface area contributed by atoms with Crippen LogP contribution in [0.3, 0.4) is 0 Å². The van der Waals surface area contributed by atoms with Crippen molar-refractivity contribution in [3.63, 3.8) is 0 Å². The number of hydrogen-bond donors (Lipinski definition) is 2. The van der Waals surface area contributed by atoms with E-state index in [0.717, 1.165) is 6.42 Å². The Labute approximate surface area is 156 Å². The number of carbonyl (C=O) groups is 1. The SMILES string of the molecule is CC1(CN)CCN(C(=O)c2ccc(S(=O)(=O)NC(C)(C)C)cc2)C1.Cl. The van der Waals surface area contributed by atoms with E-state index in [-0.39, 0.29) is 28.6 Å². The smallest absolute Gasteiger partial charge is 0.253 e. The summed E-state index contributed by atoms with van der Waals surface area (Å²) >= 11 is 0. The van der Waals surface area contributed by atoms with Gasteiger partial charge in [0.05, 0.1) is 4.90 Å². The van der Waals surface area contributed by atoms with Crippen LogP contribution in [0.2, 0.25) is 0 Å². The summed E-state index contributed by atoms with van der Waals surface area (Å²) < 4.78 is 27.2. The van der Waals surface area contributed by atoms with Gasteiger partial charge in [-0.2, -0.15) is 0 Å². The molecule has 1 aromatic rings.